The Hall–Kier alpha value is -2.88. The molecule has 41 heavy (non-hydrogen) atoms. The Morgan fingerprint density at radius 3 is 1.98 bits per heavy atom. The zero-order chi connectivity index (χ0) is 29.0. The van der Waals surface area contributed by atoms with E-state index in [1.54, 1.807) is 0 Å². The van der Waals surface area contributed by atoms with E-state index in [-0.39, 0.29) is 11.9 Å². The van der Waals surface area contributed by atoms with Crippen molar-refractivity contribution in [3.8, 4) is 5.75 Å². The fourth-order valence-corrected chi connectivity index (χ4v) is 5.32. The number of aromatic nitrogens is 1. The summed E-state index contributed by atoms with van der Waals surface area (Å²) in [5, 5.41) is 2.27. The molecule has 3 aromatic rings. The summed E-state index contributed by atoms with van der Waals surface area (Å²) in [7, 11) is 0. The normalized spacial score (nSPS) is 12.0. The van der Waals surface area contributed by atoms with E-state index >= 15 is 0 Å². The van der Waals surface area contributed by atoms with Gasteiger partial charge in [0.25, 0.3) is 0 Å². The number of pyridine rings is 1. The third-order valence-electron chi connectivity index (χ3n) is 8.04. The predicted octanol–water partition coefficient (Wildman–Crippen LogP) is 9.72. The lowest BCUT2D eigenvalue weighted by atomic mass is 9.98. The van der Waals surface area contributed by atoms with Gasteiger partial charge in [0.2, 0.25) is 0 Å². The number of hydrogen-bond acceptors (Lipinski definition) is 3. The lowest BCUT2D eigenvalue weighted by Crippen LogP contribution is -2.32. The third kappa shape index (κ3) is 13.1. The number of carbonyl (C=O) groups is 1. The molecule has 0 aliphatic heterocycles. The summed E-state index contributed by atoms with van der Waals surface area (Å²) < 4.78 is 13.9. The zero-order valence-electron chi connectivity index (χ0n) is 25.8. The summed E-state index contributed by atoms with van der Waals surface area (Å²) in [6.45, 7) is 6.60. The quantitative estimate of drug-likeness (QED) is 0.0697. The lowest BCUT2D eigenvalue weighted by molar-refractivity contribution is -0.697. The topological polar surface area (TPSA) is 39.4 Å². The maximum Gasteiger partial charge on any atom is 0.313 e. The van der Waals surface area contributed by atoms with Crippen molar-refractivity contribution in [3.63, 3.8) is 0 Å². The van der Waals surface area contributed by atoms with E-state index in [2.05, 4.69) is 66.3 Å². The molecule has 0 fully saturated rings. The Balaban J connectivity index is 1.23. The van der Waals surface area contributed by atoms with Gasteiger partial charge in [-0.3, -0.25) is 4.79 Å². The van der Waals surface area contributed by atoms with Crippen LogP contribution in [-0.4, -0.2) is 19.2 Å². The number of esters is 1. The molecule has 0 saturated carbocycles. The van der Waals surface area contributed by atoms with Crippen molar-refractivity contribution < 1.29 is 18.8 Å². The molecule has 4 heteroatoms. The van der Waals surface area contributed by atoms with Crippen LogP contribution < -0.4 is 9.30 Å². The highest BCUT2D eigenvalue weighted by Gasteiger charge is 2.17. The molecule has 0 amide bonds. The first-order chi connectivity index (χ1) is 20.2. The van der Waals surface area contributed by atoms with Gasteiger partial charge in [-0.15, -0.1) is 0 Å². The van der Waals surface area contributed by atoms with E-state index < -0.39 is 0 Å². The van der Waals surface area contributed by atoms with Crippen LogP contribution in [0.4, 0.5) is 0 Å². The second kappa shape index (κ2) is 20.1. The molecule has 224 valence electrons. The number of hydrogen-bond donors (Lipinski definition) is 0. The van der Waals surface area contributed by atoms with Crippen molar-refractivity contribution in [2.24, 2.45) is 0 Å². The molecule has 1 heterocycles. The average Bonchev–Trinajstić information content (AvgIpc) is 3.00. The summed E-state index contributed by atoms with van der Waals surface area (Å²) in [4.78, 5) is 12.7. The van der Waals surface area contributed by atoms with Gasteiger partial charge in [-0.2, -0.15) is 0 Å². The monoisotopic (exact) mass is 560 g/mol. The van der Waals surface area contributed by atoms with Gasteiger partial charge in [0.15, 0.2) is 12.4 Å². The molecule has 0 radical (unpaired) electrons. The molecule has 0 spiro atoms. The molecule has 4 nitrogen and oxygen atoms in total. The van der Waals surface area contributed by atoms with Crippen LogP contribution in [0, 0.1) is 0 Å². The molecule has 0 unspecified atom stereocenters. The molecule has 1 atom stereocenters. The van der Waals surface area contributed by atoms with Crippen LogP contribution in [0.2, 0.25) is 0 Å². The van der Waals surface area contributed by atoms with E-state index in [1.165, 1.54) is 77.0 Å². The van der Waals surface area contributed by atoms with Gasteiger partial charge < -0.3 is 9.47 Å². The van der Waals surface area contributed by atoms with E-state index in [0.29, 0.717) is 6.61 Å². The van der Waals surface area contributed by atoms with Gasteiger partial charge in [-0.05, 0) is 54.7 Å². The van der Waals surface area contributed by atoms with Crippen LogP contribution in [0.5, 0.6) is 5.75 Å². The summed E-state index contributed by atoms with van der Waals surface area (Å²) in [5.74, 6) is 0.532. The molecule has 0 aliphatic carbocycles. The van der Waals surface area contributed by atoms with Crippen molar-refractivity contribution >= 4 is 16.7 Å². The van der Waals surface area contributed by atoms with Gasteiger partial charge in [-0.1, -0.05) is 108 Å². The minimum atomic E-state index is -0.261. The Kier molecular flexibility index (Phi) is 16.0. The van der Waals surface area contributed by atoms with Gasteiger partial charge in [-0.25, -0.2) is 4.57 Å². The van der Waals surface area contributed by atoms with E-state index in [0.717, 1.165) is 54.5 Å². The molecule has 0 N–H and O–H groups in total. The standard InChI is InChI=1S/C37H54NO3/c1-3-4-5-6-13-19-28-40-36-24-23-34-30-33(21-22-35(34)31-36)32(2)37(39)41-29-20-14-11-9-7-8-10-12-16-25-38-26-17-15-18-27-38/h15,17-18,21-24,26-27,30-32H,3-14,16,19-20,25,28-29H2,1-2H3/q+1/t32-/m0/s1. The summed E-state index contributed by atoms with van der Waals surface area (Å²) in [5.41, 5.74) is 1.01. The fourth-order valence-electron chi connectivity index (χ4n) is 5.32. The predicted molar refractivity (Wildman–Crippen MR) is 170 cm³/mol. The van der Waals surface area contributed by atoms with Crippen molar-refractivity contribution in [2.75, 3.05) is 13.2 Å². The first-order valence-corrected chi connectivity index (χ1v) is 16.4. The molecule has 0 saturated heterocycles. The second-order valence-corrected chi connectivity index (χ2v) is 11.6. The number of aryl methyl sites for hydroxylation is 1. The molecule has 0 aliphatic rings. The zero-order valence-corrected chi connectivity index (χ0v) is 25.8. The highest BCUT2D eigenvalue weighted by atomic mass is 16.5. The van der Waals surface area contributed by atoms with Crippen molar-refractivity contribution in [1.29, 1.82) is 0 Å². The van der Waals surface area contributed by atoms with E-state index in [1.807, 2.05) is 19.1 Å². The molecular formula is C37H54NO3+. The van der Waals surface area contributed by atoms with Crippen molar-refractivity contribution in [2.45, 2.75) is 123 Å². The third-order valence-corrected chi connectivity index (χ3v) is 8.04. The Morgan fingerprint density at radius 2 is 1.27 bits per heavy atom. The summed E-state index contributed by atoms with van der Waals surface area (Å²) in [6.07, 6.45) is 23.0. The summed E-state index contributed by atoms with van der Waals surface area (Å²) >= 11 is 0. The Bertz CT molecular complexity index is 1110. The first kappa shape index (κ1) is 32.6. The smallest absolute Gasteiger partial charge is 0.313 e. The number of nitrogens with zero attached hydrogens (tertiary/aromatic N) is 1. The Morgan fingerprint density at radius 1 is 0.683 bits per heavy atom. The van der Waals surface area contributed by atoms with Gasteiger partial charge in [0, 0.05) is 18.6 Å². The SMILES string of the molecule is CCCCCCCCOc1ccc2cc([C@H](C)C(=O)OCCCCCCCCCCC[n+]3ccccc3)ccc2c1. The highest BCUT2D eigenvalue weighted by Crippen LogP contribution is 2.26. The molecule has 0 bridgehead atoms. The number of rotatable bonds is 22. The van der Waals surface area contributed by atoms with E-state index in [9.17, 15) is 4.79 Å². The maximum atomic E-state index is 12.7. The number of ether oxygens (including phenoxy) is 2. The Labute approximate surface area is 249 Å². The summed E-state index contributed by atoms with van der Waals surface area (Å²) in [6, 6.07) is 18.7. The average molecular weight is 561 g/mol. The minimum Gasteiger partial charge on any atom is -0.494 e. The first-order valence-electron chi connectivity index (χ1n) is 16.4. The maximum absolute atomic E-state index is 12.7. The second-order valence-electron chi connectivity index (χ2n) is 11.6. The fraction of sp³-hybridized carbons (Fsp3) is 0.568. The molecule has 2 aromatic carbocycles. The number of fused-ring (bicyclic) bond motifs is 1. The van der Waals surface area contributed by atoms with Crippen molar-refractivity contribution in [3.05, 3.63) is 72.6 Å². The molecular weight excluding hydrogens is 506 g/mol. The van der Waals surface area contributed by atoms with Crippen molar-refractivity contribution in [1.82, 2.24) is 0 Å². The van der Waals surface area contributed by atoms with Crippen LogP contribution in [0.15, 0.2) is 67.0 Å². The molecule has 1 aromatic heterocycles. The highest BCUT2D eigenvalue weighted by molar-refractivity contribution is 5.86. The number of unbranched alkanes of at least 4 members (excludes halogenated alkanes) is 13. The van der Waals surface area contributed by atoms with Crippen LogP contribution >= 0.6 is 0 Å². The largest absolute Gasteiger partial charge is 0.494 e. The number of carbonyl (C=O) groups excluding carboxylic acids is 1. The van der Waals surface area contributed by atoms with Crippen LogP contribution in [-0.2, 0) is 16.1 Å². The molecule has 3 rings (SSSR count). The van der Waals surface area contributed by atoms with Gasteiger partial charge in [0.1, 0.15) is 12.3 Å². The van der Waals surface area contributed by atoms with Crippen LogP contribution in [0.1, 0.15) is 122 Å². The van der Waals surface area contributed by atoms with Crippen LogP contribution in [0.3, 0.4) is 0 Å². The minimum absolute atomic E-state index is 0.128. The van der Waals surface area contributed by atoms with E-state index in [4.69, 9.17) is 9.47 Å². The lowest BCUT2D eigenvalue weighted by Gasteiger charge is -2.13. The van der Waals surface area contributed by atoms with Gasteiger partial charge in [0.05, 0.1) is 19.1 Å². The number of benzene rings is 2. The van der Waals surface area contributed by atoms with Crippen LogP contribution in [0.25, 0.3) is 10.8 Å². The van der Waals surface area contributed by atoms with Gasteiger partial charge >= 0.3 is 5.97 Å².